The molecule has 2 aromatic heterocycles. The average molecular weight is 408 g/mol. The summed E-state index contributed by atoms with van der Waals surface area (Å²) in [5.41, 5.74) is 2.36. The van der Waals surface area contributed by atoms with Crippen LogP contribution in [0.1, 0.15) is 21.7 Å². The molecule has 0 saturated heterocycles. The number of nitrogens with one attached hydrogen (secondary N) is 1. The van der Waals surface area contributed by atoms with Crippen molar-refractivity contribution in [1.29, 1.82) is 0 Å². The number of rotatable bonds is 7. The fourth-order valence-electron chi connectivity index (χ4n) is 2.45. The van der Waals surface area contributed by atoms with E-state index >= 15 is 0 Å². The number of pyridine rings is 1. The molecule has 148 valence electrons. The minimum atomic E-state index is -3.94. The molecule has 0 atom stereocenters. The van der Waals surface area contributed by atoms with Crippen molar-refractivity contribution in [1.82, 2.24) is 15.0 Å². The van der Waals surface area contributed by atoms with Crippen LogP contribution in [0.2, 0.25) is 0 Å². The van der Waals surface area contributed by atoms with Gasteiger partial charge in [-0.25, -0.2) is 8.42 Å². The maximum atomic E-state index is 12.5. The summed E-state index contributed by atoms with van der Waals surface area (Å²) in [5.74, 6) is -0.293. The number of ketones is 1. The van der Waals surface area contributed by atoms with Crippen LogP contribution >= 0.6 is 0 Å². The molecular weight excluding hydrogens is 390 g/mol. The molecule has 0 aliphatic heterocycles. The molecule has 0 fully saturated rings. The van der Waals surface area contributed by atoms with Crippen LogP contribution in [0.3, 0.4) is 0 Å². The number of nitrogens with zero attached hydrogens (tertiary/aromatic N) is 4. The van der Waals surface area contributed by atoms with Gasteiger partial charge in [0.25, 0.3) is 0 Å². The van der Waals surface area contributed by atoms with E-state index in [1.807, 2.05) is 0 Å². The minimum absolute atomic E-state index is 0.0150. The maximum absolute atomic E-state index is 12.5. The number of allylic oxidation sites excluding steroid dienone is 1. The number of carbonyl (C=O) groups is 1. The van der Waals surface area contributed by atoms with Gasteiger partial charge in [-0.15, -0.1) is 0 Å². The standard InChI is InChI=1S/C20H19N5O3S/c1-14-12-15(2)24-20(23-14)25-29(27,28)18-7-5-17(6-8-18)22-11-9-19(26)16-4-3-10-21-13-16/h3-13H,1-2H3,(H2,22,23,24,25,26)/p-1. The first kappa shape index (κ1) is 20.2. The molecule has 0 saturated carbocycles. The van der Waals surface area contributed by atoms with Crippen molar-refractivity contribution in [3.05, 3.63) is 88.8 Å². The third-order valence-electron chi connectivity index (χ3n) is 3.76. The van der Waals surface area contributed by atoms with Crippen LogP contribution in [-0.4, -0.2) is 29.2 Å². The summed E-state index contributed by atoms with van der Waals surface area (Å²) in [4.78, 5) is 23.9. The highest BCUT2D eigenvalue weighted by atomic mass is 32.2. The summed E-state index contributed by atoms with van der Waals surface area (Å²) in [7, 11) is -3.94. The van der Waals surface area contributed by atoms with E-state index < -0.39 is 10.0 Å². The molecule has 1 N–H and O–H groups in total. The minimum Gasteiger partial charge on any atom is -0.363 e. The molecule has 0 aliphatic rings. The first-order valence-corrected chi connectivity index (χ1v) is 10.1. The molecule has 3 aromatic rings. The Hall–Kier alpha value is -3.59. The Balaban J connectivity index is 1.66. The van der Waals surface area contributed by atoms with E-state index in [0.717, 1.165) is 0 Å². The summed E-state index contributed by atoms with van der Waals surface area (Å²) in [6.45, 7) is 3.49. The zero-order chi connectivity index (χ0) is 20.9. The predicted octanol–water partition coefficient (Wildman–Crippen LogP) is 3.69. The molecule has 9 heteroatoms. The normalized spacial score (nSPS) is 11.4. The second-order valence-electron chi connectivity index (χ2n) is 6.13. The zero-order valence-electron chi connectivity index (χ0n) is 15.8. The van der Waals surface area contributed by atoms with Crippen LogP contribution < -0.4 is 5.32 Å². The van der Waals surface area contributed by atoms with Gasteiger partial charge < -0.3 is 15.3 Å². The lowest BCUT2D eigenvalue weighted by Crippen LogP contribution is -2.01. The van der Waals surface area contributed by atoms with Crippen molar-refractivity contribution in [2.75, 3.05) is 5.32 Å². The van der Waals surface area contributed by atoms with Crippen LogP contribution in [0.25, 0.3) is 4.72 Å². The van der Waals surface area contributed by atoms with E-state index in [4.69, 9.17) is 0 Å². The zero-order valence-corrected chi connectivity index (χ0v) is 16.6. The smallest absolute Gasteiger partial charge is 0.229 e. The Kier molecular flexibility index (Phi) is 5.99. The predicted molar refractivity (Wildman–Crippen MR) is 109 cm³/mol. The van der Waals surface area contributed by atoms with E-state index in [0.29, 0.717) is 22.6 Å². The van der Waals surface area contributed by atoms with Crippen molar-refractivity contribution in [2.45, 2.75) is 18.7 Å². The number of carbonyl (C=O) groups excluding carboxylic acids is 1. The largest absolute Gasteiger partial charge is 0.363 e. The van der Waals surface area contributed by atoms with Gasteiger partial charge in [-0.1, -0.05) is 6.07 Å². The molecule has 8 nitrogen and oxygen atoms in total. The van der Waals surface area contributed by atoms with E-state index in [1.54, 1.807) is 50.4 Å². The summed E-state index contributed by atoms with van der Waals surface area (Å²) in [6.07, 6.45) is 5.92. The topological polar surface area (TPSA) is 116 Å². The Labute approximate surface area is 168 Å². The fraction of sp³-hybridized carbons (Fsp3) is 0.100. The molecule has 0 aliphatic carbocycles. The molecule has 0 radical (unpaired) electrons. The quantitative estimate of drug-likeness (QED) is 0.468. The first-order chi connectivity index (χ1) is 13.8. The van der Waals surface area contributed by atoms with Crippen LogP contribution in [-0.2, 0) is 10.0 Å². The molecular formula is C20H18N5O3S-. The Bertz CT molecular complexity index is 1120. The van der Waals surface area contributed by atoms with Crippen molar-refractivity contribution >= 4 is 27.4 Å². The Morgan fingerprint density at radius 3 is 2.38 bits per heavy atom. The highest BCUT2D eigenvalue weighted by Crippen LogP contribution is 2.25. The molecule has 0 spiro atoms. The Morgan fingerprint density at radius 2 is 1.76 bits per heavy atom. The van der Waals surface area contributed by atoms with Gasteiger partial charge in [-0.3, -0.25) is 14.5 Å². The van der Waals surface area contributed by atoms with Gasteiger partial charge in [0.15, 0.2) is 5.78 Å². The van der Waals surface area contributed by atoms with Crippen LogP contribution in [0.15, 0.2) is 72.0 Å². The third kappa shape index (κ3) is 5.45. The van der Waals surface area contributed by atoms with E-state index in [1.165, 1.54) is 30.6 Å². The fourth-order valence-corrected chi connectivity index (χ4v) is 3.33. The van der Waals surface area contributed by atoms with Gasteiger partial charge >= 0.3 is 0 Å². The van der Waals surface area contributed by atoms with Gasteiger partial charge in [-0.2, -0.15) is 0 Å². The Morgan fingerprint density at radius 1 is 1.07 bits per heavy atom. The highest BCUT2D eigenvalue weighted by molar-refractivity contribution is 7.94. The number of sulfonamides is 1. The number of anilines is 1. The summed E-state index contributed by atoms with van der Waals surface area (Å²) in [5, 5.41) is 2.92. The summed E-state index contributed by atoms with van der Waals surface area (Å²) < 4.78 is 28.6. The van der Waals surface area contributed by atoms with Crippen molar-refractivity contribution < 1.29 is 13.2 Å². The average Bonchev–Trinajstić information content (AvgIpc) is 2.68. The van der Waals surface area contributed by atoms with E-state index in [-0.39, 0.29) is 16.6 Å². The monoisotopic (exact) mass is 408 g/mol. The first-order valence-electron chi connectivity index (χ1n) is 8.61. The number of aromatic nitrogens is 3. The van der Waals surface area contributed by atoms with Gasteiger partial charge in [0.2, 0.25) is 10.0 Å². The molecule has 0 bridgehead atoms. The molecule has 0 unspecified atom stereocenters. The highest BCUT2D eigenvalue weighted by Gasteiger charge is 2.12. The van der Waals surface area contributed by atoms with E-state index in [9.17, 15) is 13.2 Å². The SMILES string of the molecule is Cc1cc(C)nc([N-]S(=O)(=O)c2ccc(N/C=C/C(=O)c3cccnc3)cc2)n1. The second-order valence-corrected chi connectivity index (χ2v) is 7.73. The van der Waals surface area contributed by atoms with Crippen LogP contribution in [0.4, 0.5) is 11.6 Å². The number of benzene rings is 1. The summed E-state index contributed by atoms with van der Waals surface area (Å²) >= 11 is 0. The maximum Gasteiger partial charge on any atom is 0.229 e. The lowest BCUT2D eigenvalue weighted by atomic mass is 10.2. The number of hydrogen-bond donors (Lipinski definition) is 1. The molecule has 1 aromatic carbocycles. The van der Waals surface area contributed by atoms with Crippen molar-refractivity contribution in [3.63, 3.8) is 0 Å². The van der Waals surface area contributed by atoms with Gasteiger partial charge in [0.1, 0.15) is 0 Å². The van der Waals surface area contributed by atoms with Gasteiger partial charge in [0, 0.05) is 41.9 Å². The van der Waals surface area contributed by atoms with Gasteiger partial charge in [0.05, 0.1) is 4.90 Å². The molecule has 2 heterocycles. The molecule has 29 heavy (non-hydrogen) atoms. The second kappa shape index (κ2) is 8.61. The lowest BCUT2D eigenvalue weighted by Gasteiger charge is -2.15. The lowest BCUT2D eigenvalue weighted by molar-refractivity contribution is 0.104. The van der Waals surface area contributed by atoms with Crippen molar-refractivity contribution in [3.8, 4) is 0 Å². The van der Waals surface area contributed by atoms with Crippen LogP contribution in [0.5, 0.6) is 0 Å². The number of aryl methyl sites for hydroxylation is 2. The number of hydrogen-bond acceptors (Lipinski definition) is 7. The van der Waals surface area contributed by atoms with Crippen LogP contribution in [0, 0.1) is 13.8 Å². The molecule has 0 amide bonds. The van der Waals surface area contributed by atoms with Crippen molar-refractivity contribution in [2.24, 2.45) is 0 Å². The van der Waals surface area contributed by atoms with Gasteiger partial charge in [-0.05, 0) is 61.6 Å². The summed E-state index contributed by atoms with van der Waals surface area (Å²) in [6, 6.07) is 11.1. The van der Waals surface area contributed by atoms with E-state index in [2.05, 4.69) is 25.0 Å². The third-order valence-corrected chi connectivity index (χ3v) is 5.03. The molecule has 3 rings (SSSR count).